The summed E-state index contributed by atoms with van der Waals surface area (Å²) in [5.74, 6) is -0.699. The van der Waals surface area contributed by atoms with Gasteiger partial charge >= 0.3 is 0 Å². The minimum absolute atomic E-state index is 0.0149. The molecular weight excluding hydrogens is 524 g/mol. The van der Waals surface area contributed by atoms with E-state index in [1.807, 2.05) is 0 Å². The van der Waals surface area contributed by atoms with E-state index in [-0.39, 0.29) is 34.3 Å². The van der Waals surface area contributed by atoms with Crippen LogP contribution in [0.15, 0.2) is 21.3 Å². The number of phenols is 1. The van der Waals surface area contributed by atoms with Gasteiger partial charge in [0.05, 0.1) is 18.6 Å². The van der Waals surface area contributed by atoms with Crippen LogP contribution in [-0.2, 0) is 25.4 Å². The van der Waals surface area contributed by atoms with Crippen molar-refractivity contribution in [1.82, 2.24) is 0 Å². The first-order chi connectivity index (χ1) is 18.4. The van der Waals surface area contributed by atoms with Crippen LogP contribution in [0, 0.1) is 6.92 Å². The van der Waals surface area contributed by atoms with Crippen molar-refractivity contribution < 1.29 is 64.3 Å². The van der Waals surface area contributed by atoms with Gasteiger partial charge in [0.2, 0.25) is 0 Å². The number of fused-ring (bicyclic) bond motifs is 1. The number of aliphatic hydroxyl groups excluding tert-OH is 7. The molecular formula is C25H32O14. The Morgan fingerprint density at radius 3 is 2.15 bits per heavy atom. The third-order valence-corrected chi connectivity index (χ3v) is 6.99. The maximum absolute atomic E-state index is 13.0. The average molecular weight is 557 g/mol. The molecule has 2 saturated heterocycles. The average Bonchev–Trinajstić information content (AvgIpc) is 2.86. The maximum atomic E-state index is 13.0. The van der Waals surface area contributed by atoms with Gasteiger partial charge in [-0.3, -0.25) is 9.59 Å². The lowest BCUT2D eigenvalue weighted by Gasteiger charge is -2.46. The second kappa shape index (κ2) is 11.5. The Morgan fingerprint density at radius 1 is 0.923 bits per heavy atom. The van der Waals surface area contributed by atoms with Gasteiger partial charge in [-0.05, 0) is 19.4 Å². The zero-order valence-electron chi connectivity index (χ0n) is 21.1. The van der Waals surface area contributed by atoms with E-state index in [1.54, 1.807) is 0 Å². The lowest BCUT2D eigenvalue weighted by atomic mass is 9.85. The molecule has 0 saturated carbocycles. The van der Waals surface area contributed by atoms with Gasteiger partial charge in [-0.25, -0.2) is 0 Å². The summed E-state index contributed by atoms with van der Waals surface area (Å²) in [5, 5.41) is 82.6. The van der Waals surface area contributed by atoms with Gasteiger partial charge in [-0.2, -0.15) is 0 Å². The number of phenolic OH excluding ortho intramolecular Hbond substituents is 1. The van der Waals surface area contributed by atoms with Crippen LogP contribution in [0.25, 0.3) is 11.0 Å². The summed E-state index contributed by atoms with van der Waals surface area (Å²) < 4.78 is 22.5. The molecule has 0 amide bonds. The van der Waals surface area contributed by atoms with Crippen molar-refractivity contribution in [1.29, 1.82) is 0 Å². The number of aliphatic hydroxyl groups is 7. The molecule has 0 spiro atoms. The predicted molar refractivity (Wildman–Crippen MR) is 129 cm³/mol. The number of rotatable bonds is 7. The molecule has 2 aliphatic rings. The van der Waals surface area contributed by atoms with Gasteiger partial charge in [0.15, 0.2) is 11.7 Å². The highest BCUT2D eigenvalue weighted by Gasteiger charge is 2.51. The molecule has 39 heavy (non-hydrogen) atoms. The molecule has 1 aromatic carbocycles. The van der Waals surface area contributed by atoms with Gasteiger partial charge in [-0.15, -0.1) is 0 Å². The van der Waals surface area contributed by atoms with Crippen molar-refractivity contribution in [3.63, 3.8) is 0 Å². The van der Waals surface area contributed by atoms with Crippen molar-refractivity contribution >= 4 is 16.8 Å². The Morgan fingerprint density at radius 2 is 1.54 bits per heavy atom. The smallest absolute Gasteiger partial charge is 0.193 e. The van der Waals surface area contributed by atoms with Crippen LogP contribution in [0.4, 0.5) is 0 Å². The van der Waals surface area contributed by atoms with Gasteiger partial charge in [0, 0.05) is 24.1 Å². The minimum atomic E-state index is -1.89. The SMILES string of the molecule is CC(=O)Cc1c(C2OC(CO)C(O)C(O)C2OC2OC(CO)C(O)C(O)C2O)c(O)cc2oc(C)cc(=O)c12. The Labute approximate surface area is 221 Å². The highest BCUT2D eigenvalue weighted by atomic mass is 16.7. The predicted octanol–water partition coefficient (Wildman–Crippen LogP) is -2.72. The molecule has 0 aliphatic carbocycles. The van der Waals surface area contributed by atoms with E-state index in [1.165, 1.54) is 19.9 Å². The molecule has 2 aliphatic heterocycles. The summed E-state index contributed by atoms with van der Waals surface area (Å²) in [6, 6.07) is 2.30. The number of ketones is 1. The maximum Gasteiger partial charge on any atom is 0.193 e. The lowest BCUT2D eigenvalue weighted by Crippen LogP contribution is -2.62. The van der Waals surface area contributed by atoms with Crippen molar-refractivity contribution in [2.24, 2.45) is 0 Å². The van der Waals surface area contributed by atoms with Crippen LogP contribution in [0.2, 0.25) is 0 Å². The molecule has 3 heterocycles. The van der Waals surface area contributed by atoms with Crippen molar-refractivity contribution in [3.8, 4) is 5.75 Å². The second-order valence-electron chi connectivity index (χ2n) is 9.82. The molecule has 14 heteroatoms. The molecule has 14 nitrogen and oxygen atoms in total. The quantitative estimate of drug-likeness (QED) is 0.173. The Hall–Kier alpha value is -2.50. The van der Waals surface area contributed by atoms with E-state index in [4.69, 9.17) is 18.6 Å². The fourth-order valence-corrected chi connectivity index (χ4v) is 5.08. The standard InChI is InChI=1S/C25H32O14/c1-8(28)3-10-16-11(29)4-9(2)36-13(16)5-12(30)17(10)23-24(21(34)19(32)14(6-26)37-23)39-25-22(35)20(33)18(31)15(7-27)38-25/h4-5,14-15,18-27,30-35H,3,6-7H2,1-2H3. The Bertz CT molecular complexity index is 1260. The van der Waals surface area contributed by atoms with Gasteiger partial charge in [0.1, 0.15) is 77.8 Å². The minimum Gasteiger partial charge on any atom is -0.507 e. The van der Waals surface area contributed by atoms with Crippen LogP contribution in [0.3, 0.4) is 0 Å². The van der Waals surface area contributed by atoms with Crippen molar-refractivity contribution in [2.75, 3.05) is 13.2 Å². The van der Waals surface area contributed by atoms with E-state index >= 15 is 0 Å². The topological polar surface area (TPSA) is 237 Å². The van der Waals surface area contributed by atoms with Crippen LogP contribution in [-0.4, -0.2) is 115 Å². The summed E-state index contributed by atoms with van der Waals surface area (Å²) in [7, 11) is 0. The fraction of sp³-hybridized carbons (Fsp3) is 0.600. The third kappa shape index (κ3) is 5.45. The molecule has 0 bridgehead atoms. The van der Waals surface area contributed by atoms with Crippen LogP contribution >= 0.6 is 0 Å². The normalized spacial score (nSPS) is 35.3. The first-order valence-electron chi connectivity index (χ1n) is 12.3. The number of aromatic hydroxyl groups is 1. The summed E-state index contributed by atoms with van der Waals surface area (Å²) >= 11 is 0. The number of carbonyl (C=O) groups is 1. The summed E-state index contributed by atoms with van der Waals surface area (Å²) in [5.41, 5.74) is -0.765. The molecule has 2 fully saturated rings. The van der Waals surface area contributed by atoms with Crippen LogP contribution in [0.5, 0.6) is 5.75 Å². The van der Waals surface area contributed by atoms with Gasteiger partial charge < -0.3 is 59.5 Å². The zero-order valence-corrected chi connectivity index (χ0v) is 21.1. The molecule has 216 valence electrons. The number of benzene rings is 1. The summed E-state index contributed by atoms with van der Waals surface area (Å²) in [6.45, 7) is 1.22. The monoisotopic (exact) mass is 556 g/mol. The Kier molecular flexibility index (Phi) is 8.73. The number of hydrogen-bond acceptors (Lipinski definition) is 14. The summed E-state index contributed by atoms with van der Waals surface area (Å²) in [4.78, 5) is 25.2. The molecule has 4 rings (SSSR count). The van der Waals surface area contributed by atoms with E-state index in [0.717, 1.165) is 6.07 Å². The van der Waals surface area contributed by atoms with Crippen molar-refractivity contribution in [2.45, 2.75) is 81.5 Å². The number of Topliss-reactive ketones (excluding diaryl/α,β-unsaturated/α-hetero) is 1. The lowest BCUT2D eigenvalue weighted by molar-refractivity contribution is -0.342. The molecule has 1 aromatic heterocycles. The van der Waals surface area contributed by atoms with E-state index in [9.17, 15) is 50.4 Å². The van der Waals surface area contributed by atoms with Gasteiger partial charge in [0.25, 0.3) is 0 Å². The first kappa shape index (κ1) is 29.5. The Balaban J connectivity index is 1.87. The van der Waals surface area contributed by atoms with E-state index in [0.29, 0.717) is 0 Å². The largest absolute Gasteiger partial charge is 0.507 e. The number of hydrogen-bond donors (Lipinski definition) is 8. The molecule has 10 unspecified atom stereocenters. The number of ether oxygens (including phenoxy) is 3. The fourth-order valence-electron chi connectivity index (χ4n) is 5.08. The first-order valence-corrected chi connectivity index (χ1v) is 12.3. The molecule has 8 N–H and O–H groups in total. The van der Waals surface area contributed by atoms with Gasteiger partial charge in [-0.1, -0.05) is 0 Å². The van der Waals surface area contributed by atoms with E-state index < -0.39 is 91.4 Å². The van der Waals surface area contributed by atoms with Crippen LogP contribution < -0.4 is 5.43 Å². The summed E-state index contributed by atoms with van der Waals surface area (Å²) in [6.07, 6.45) is -17.2. The highest BCUT2D eigenvalue weighted by Crippen LogP contribution is 2.43. The van der Waals surface area contributed by atoms with Crippen molar-refractivity contribution in [3.05, 3.63) is 39.2 Å². The number of carbonyl (C=O) groups excluding carboxylic acids is 1. The molecule has 10 atom stereocenters. The number of aryl methyl sites for hydroxylation is 1. The second-order valence-corrected chi connectivity index (χ2v) is 9.82. The molecule has 2 aromatic rings. The zero-order chi connectivity index (χ0) is 28.8. The van der Waals surface area contributed by atoms with Crippen LogP contribution in [0.1, 0.15) is 29.9 Å². The molecule has 0 radical (unpaired) electrons. The van der Waals surface area contributed by atoms with E-state index in [2.05, 4.69) is 0 Å². The third-order valence-electron chi connectivity index (χ3n) is 6.99. The highest BCUT2D eigenvalue weighted by molar-refractivity contribution is 5.90.